The summed E-state index contributed by atoms with van der Waals surface area (Å²) in [4.78, 5) is 4.24. The summed E-state index contributed by atoms with van der Waals surface area (Å²) in [7, 11) is 8.20. The van der Waals surface area contributed by atoms with Crippen LogP contribution in [-0.2, 0) is 4.74 Å². The number of nitrogens with zero attached hydrogens (tertiary/aromatic N) is 2. The van der Waals surface area contributed by atoms with Gasteiger partial charge in [-0.2, -0.15) is 0 Å². The number of aliphatic hydroxyl groups excluding tert-OH is 2. The quantitative estimate of drug-likeness (QED) is 0.583. The standard InChI is InChI=1S/C8H20N2O.C3H8O2/c1-9(2)5-7-11-8-6-10(3)4;1-3(5)2-4/h5-8H2,1-4H3;3-5H,2H2,1H3. The molecule has 16 heavy (non-hydrogen) atoms. The zero-order valence-electron chi connectivity index (χ0n) is 11.3. The number of rotatable bonds is 7. The fourth-order valence-corrected chi connectivity index (χ4v) is 0.596. The number of hydrogen-bond donors (Lipinski definition) is 2. The Labute approximate surface area is 99.6 Å². The van der Waals surface area contributed by atoms with Gasteiger partial charge in [0.1, 0.15) is 0 Å². The average Bonchev–Trinajstić information content (AvgIpc) is 2.17. The Morgan fingerprint density at radius 1 is 1.00 bits per heavy atom. The van der Waals surface area contributed by atoms with E-state index in [1.54, 1.807) is 0 Å². The molecule has 0 spiro atoms. The highest BCUT2D eigenvalue weighted by Gasteiger charge is 1.91. The van der Waals surface area contributed by atoms with Gasteiger partial charge in [-0.1, -0.05) is 0 Å². The zero-order valence-corrected chi connectivity index (χ0v) is 11.3. The third-order valence-corrected chi connectivity index (χ3v) is 1.63. The van der Waals surface area contributed by atoms with E-state index in [2.05, 4.69) is 38.0 Å². The largest absolute Gasteiger partial charge is 0.394 e. The molecule has 0 aromatic carbocycles. The van der Waals surface area contributed by atoms with E-state index in [-0.39, 0.29) is 6.61 Å². The molecule has 1 atom stereocenters. The number of hydrogen-bond acceptors (Lipinski definition) is 5. The van der Waals surface area contributed by atoms with Gasteiger partial charge < -0.3 is 24.7 Å². The van der Waals surface area contributed by atoms with E-state index in [9.17, 15) is 0 Å². The molecular weight excluding hydrogens is 208 g/mol. The summed E-state index contributed by atoms with van der Waals surface area (Å²) in [5, 5.41) is 16.0. The fourth-order valence-electron chi connectivity index (χ4n) is 0.596. The van der Waals surface area contributed by atoms with Crippen molar-refractivity contribution in [1.82, 2.24) is 9.80 Å². The molecule has 0 radical (unpaired) electrons. The molecule has 0 heterocycles. The molecule has 100 valence electrons. The molecule has 2 N–H and O–H groups in total. The van der Waals surface area contributed by atoms with Gasteiger partial charge >= 0.3 is 0 Å². The summed E-state index contributed by atoms with van der Waals surface area (Å²) in [6, 6.07) is 0. The van der Waals surface area contributed by atoms with E-state index in [4.69, 9.17) is 14.9 Å². The summed E-state index contributed by atoms with van der Waals surface area (Å²) in [6.07, 6.45) is -0.560. The minimum absolute atomic E-state index is 0.139. The van der Waals surface area contributed by atoms with E-state index in [0.29, 0.717) is 0 Å². The molecule has 0 saturated carbocycles. The van der Waals surface area contributed by atoms with Gasteiger partial charge in [0.05, 0.1) is 25.9 Å². The molecule has 0 aromatic rings. The number of likely N-dealkylation sites (N-methyl/N-ethyl adjacent to an activating group) is 2. The smallest absolute Gasteiger partial charge is 0.0742 e. The molecule has 1 unspecified atom stereocenters. The molecule has 0 aliphatic carbocycles. The van der Waals surface area contributed by atoms with Gasteiger partial charge in [-0.25, -0.2) is 0 Å². The first-order valence-electron chi connectivity index (χ1n) is 5.56. The fraction of sp³-hybridized carbons (Fsp3) is 1.00. The van der Waals surface area contributed by atoms with Crippen LogP contribution in [0.1, 0.15) is 6.92 Å². The van der Waals surface area contributed by atoms with Crippen molar-refractivity contribution in [3.63, 3.8) is 0 Å². The lowest BCUT2D eigenvalue weighted by Gasteiger charge is -2.12. The summed E-state index contributed by atoms with van der Waals surface area (Å²) in [6.45, 7) is 5.07. The molecule has 5 nitrogen and oxygen atoms in total. The van der Waals surface area contributed by atoms with Crippen molar-refractivity contribution < 1.29 is 14.9 Å². The summed E-state index contributed by atoms with van der Waals surface area (Å²) in [5.74, 6) is 0. The second-order valence-electron chi connectivity index (χ2n) is 4.25. The van der Waals surface area contributed by atoms with Crippen LogP contribution in [0.2, 0.25) is 0 Å². The van der Waals surface area contributed by atoms with Crippen LogP contribution in [0.25, 0.3) is 0 Å². The first kappa shape index (κ1) is 18.2. The lowest BCUT2D eigenvalue weighted by molar-refractivity contribution is 0.104. The van der Waals surface area contributed by atoms with Crippen LogP contribution < -0.4 is 0 Å². The predicted octanol–water partition coefficient (Wildman–Crippen LogP) is -0.514. The minimum Gasteiger partial charge on any atom is -0.394 e. The number of ether oxygens (including phenoxy) is 1. The van der Waals surface area contributed by atoms with Gasteiger partial charge in [-0.15, -0.1) is 0 Å². The van der Waals surface area contributed by atoms with Crippen molar-refractivity contribution >= 4 is 0 Å². The van der Waals surface area contributed by atoms with Gasteiger partial charge in [0.2, 0.25) is 0 Å². The van der Waals surface area contributed by atoms with E-state index in [1.165, 1.54) is 6.92 Å². The average molecular weight is 236 g/mol. The Balaban J connectivity index is 0. The molecule has 0 aliphatic rings. The highest BCUT2D eigenvalue weighted by molar-refractivity contribution is 4.43. The third kappa shape index (κ3) is 23.5. The van der Waals surface area contributed by atoms with E-state index >= 15 is 0 Å². The van der Waals surface area contributed by atoms with Gasteiger partial charge in [-0.3, -0.25) is 0 Å². The van der Waals surface area contributed by atoms with Gasteiger partial charge in [-0.05, 0) is 35.1 Å². The number of aliphatic hydroxyl groups is 2. The van der Waals surface area contributed by atoms with Crippen molar-refractivity contribution in [3.05, 3.63) is 0 Å². The summed E-state index contributed by atoms with van der Waals surface area (Å²) >= 11 is 0. The van der Waals surface area contributed by atoms with Gasteiger partial charge in [0.15, 0.2) is 0 Å². The first-order chi connectivity index (χ1) is 7.40. The van der Waals surface area contributed by atoms with Crippen LogP contribution in [-0.4, -0.2) is 87.2 Å². The third-order valence-electron chi connectivity index (χ3n) is 1.63. The molecule has 0 rings (SSSR count). The van der Waals surface area contributed by atoms with Crippen molar-refractivity contribution in [2.45, 2.75) is 13.0 Å². The molecule has 0 amide bonds. The van der Waals surface area contributed by atoms with Crippen molar-refractivity contribution in [2.24, 2.45) is 0 Å². The monoisotopic (exact) mass is 236 g/mol. The second-order valence-corrected chi connectivity index (χ2v) is 4.25. The van der Waals surface area contributed by atoms with Gasteiger partial charge in [0, 0.05) is 13.1 Å². The lowest BCUT2D eigenvalue weighted by atomic mass is 10.5. The zero-order chi connectivity index (χ0) is 13.0. The maximum atomic E-state index is 8.11. The van der Waals surface area contributed by atoms with E-state index < -0.39 is 6.10 Å². The molecule has 0 saturated heterocycles. The Kier molecular flexibility index (Phi) is 14.6. The Morgan fingerprint density at radius 3 is 1.50 bits per heavy atom. The normalized spacial score (nSPS) is 12.6. The first-order valence-corrected chi connectivity index (χ1v) is 5.56. The van der Waals surface area contributed by atoms with Gasteiger partial charge in [0.25, 0.3) is 0 Å². The van der Waals surface area contributed by atoms with Crippen molar-refractivity contribution in [1.29, 1.82) is 0 Å². The summed E-state index contributed by atoms with van der Waals surface area (Å²) < 4.78 is 5.37. The van der Waals surface area contributed by atoms with Crippen LogP contribution in [0.5, 0.6) is 0 Å². The van der Waals surface area contributed by atoms with Crippen molar-refractivity contribution in [3.8, 4) is 0 Å². The molecule has 0 aromatic heterocycles. The predicted molar refractivity (Wildman–Crippen MR) is 66.7 cm³/mol. The van der Waals surface area contributed by atoms with Crippen LogP contribution in [0.3, 0.4) is 0 Å². The van der Waals surface area contributed by atoms with E-state index in [0.717, 1.165) is 26.3 Å². The van der Waals surface area contributed by atoms with Crippen LogP contribution in [0, 0.1) is 0 Å². The highest BCUT2D eigenvalue weighted by Crippen LogP contribution is 1.80. The molecule has 5 heteroatoms. The topological polar surface area (TPSA) is 56.2 Å². The molecule has 0 bridgehead atoms. The van der Waals surface area contributed by atoms with Crippen LogP contribution in [0.4, 0.5) is 0 Å². The Hall–Kier alpha value is -0.200. The van der Waals surface area contributed by atoms with E-state index in [1.807, 2.05) is 0 Å². The maximum absolute atomic E-state index is 8.11. The lowest BCUT2D eigenvalue weighted by Crippen LogP contribution is -2.22. The second kappa shape index (κ2) is 12.9. The highest BCUT2D eigenvalue weighted by atomic mass is 16.5. The molecule has 0 aliphatic heterocycles. The molecule has 0 fully saturated rings. The molecular formula is C11H28N2O3. The van der Waals surface area contributed by atoms with Crippen molar-refractivity contribution in [2.75, 3.05) is 61.1 Å². The summed E-state index contributed by atoms with van der Waals surface area (Å²) in [5.41, 5.74) is 0. The maximum Gasteiger partial charge on any atom is 0.0742 e. The Bertz CT molecular complexity index is 120. The SMILES string of the molecule is CC(O)CO.CN(C)CCOCCN(C)C. The van der Waals surface area contributed by atoms with Crippen LogP contribution in [0.15, 0.2) is 0 Å². The minimum atomic E-state index is -0.560. The Morgan fingerprint density at radius 2 is 1.31 bits per heavy atom. The van der Waals surface area contributed by atoms with Crippen LogP contribution >= 0.6 is 0 Å².